The molecule has 1 aliphatic carbocycles. The highest BCUT2D eigenvalue weighted by Crippen LogP contribution is 2.31. The van der Waals surface area contributed by atoms with Crippen LogP contribution in [0.5, 0.6) is 0 Å². The smallest absolute Gasteiger partial charge is 0.00301 e. The molecule has 0 aliphatic heterocycles. The van der Waals surface area contributed by atoms with Gasteiger partial charge in [-0.25, -0.2) is 0 Å². The molecule has 0 heterocycles. The summed E-state index contributed by atoms with van der Waals surface area (Å²) < 4.78 is 0. The normalized spacial score (nSPS) is 14.6. The minimum absolute atomic E-state index is 1.18. The zero-order chi connectivity index (χ0) is 12.1. The molecular formula is C18H16. The van der Waals surface area contributed by atoms with Crippen LogP contribution in [0.15, 0.2) is 42.5 Å². The molecule has 1 aliphatic rings. The van der Waals surface area contributed by atoms with Crippen molar-refractivity contribution >= 4 is 27.1 Å². The van der Waals surface area contributed by atoms with E-state index in [9.17, 15) is 0 Å². The predicted molar refractivity (Wildman–Crippen MR) is 78.7 cm³/mol. The van der Waals surface area contributed by atoms with E-state index in [4.69, 9.17) is 0 Å². The lowest BCUT2D eigenvalue weighted by Gasteiger charge is -2.18. The van der Waals surface area contributed by atoms with E-state index in [0.29, 0.717) is 0 Å². The first-order valence-electron chi connectivity index (χ1n) is 6.83. The van der Waals surface area contributed by atoms with Gasteiger partial charge < -0.3 is 0 Å². The SMILES string of the molecule is CCC1=c2ccc3cccc4ccc(c2c43)CC1. The quantitative estimate of drug-likeness (QED) is 0.589. The van der Waals surface area contributed by atoms with Crippen molar-refractivity contribution in [2.24, 2.45) is 0 Å². The van der Waals surface area contributed by atoms with Crippen LogP contribution in [0.2, 0.25) is 0 Å². The topological polar surface area (TPSA) is 0 Å². The van der Waals surface area contributed by atoms with Gasteiger partial charge in [-0.1, -0.05) is 55.0 Å². The Kier molecular flexibility index (Phi) is 2.02. The van der Waals surface area contributed by atoms with Crippen LogP contribution in [-0.2, 0) is 6.42 Å². The maximum absolute atomic E-state index is 2.33. The first-order chi connectivity index (χ1) is 8.88. The lowest BCUT2D eigenvalue weighted by atomic mass is 9.86. The summed E-state index contributed by atoms with van der Waals surface area (Å²) in [7, 11) is 0. The van der Waals surface area contributed by atoms with Crippen molar-refractivity contribution in [3.8, 4) is 0 Å². The minimum atomic E-state index is 1.18. The molecule has 0 heteroatoms. The van der Waals surface area contributed by atoms with E-state index in [1.807, 2.05) is 0 Å². The van der Waals surface area contributed by atoms with Crippen molar-refractivity contribution in [2.75, 3.05) is 0 Å². The third-order valence-corrected chi connectivity index (χ3v) is 4.37. The molecule has 0 saturated carbocycles. The molecule has 0 radical (unpaired) electrons. The summed E-state index contributed by atoms with van der Waals surface area (Å²) in [6.45, 7) is 2.28. The molecule has 18 heavy (non-hydrogen) atoms. The highest BCUT2D eigenvalue weighted by Gasteiger charge is 2.13. The summed E-state index contributed by atoms with van der Waals surface area (Å²) >= 11 is 0. The van der Waals surface area contributed by atoms with E-state index in [2.05, 4.69) is 49.4 Å². The van der Waals surface area contributed by atoms with Crippen LogP contribution in [0.4, 0.5) is 0 Å². The summed E-state index contributed by atoms with van der Waals surface area (Å²) in [6.07, 6.45) is 3.62. The number of benzene rings is 3. The lowest BCUT2D eigenvalue weighted by Crippen LogP contribution is -2.14. The van der Waals surface area contributed by atoms with E-state index >= 15 is 0 Å². The predicted octanol–water partition coefficient (Wildman–Crippen LogP) is 4.22. The van der Waals surface area contributed by atoms with Gasteiger partial charge in [-0.3, -0.25) is 0 Å². The van der Waals surface area contributed by atoms with Gasteiger partial charge in [-0.15, -0.1) is 0 Å². The zero-order valence-corrected chi connectivity index (χ0v) is 10.7. The molecule has 3 aromatic rings. The Labute approximate surface area is 107 Å². The number of hydrogen-bond acceptors (Lipinski definition) is 0. The molecule has 0 bridgehead atoms. The summed E-state index contributed by atoms with van der Waals surface area (Å²) in [5.74, 6) is 0. The van der Waals surface area contributed by atoms with Crippen LogP contribution in [-0.4, -0.2) is 0 Å². The van der Waals surface area contributed by atoms with Gasteiger partial charge >= 0.3 is 0 Å². The number of hydrogen-bond donors (Lipinski definition) is 0. The molecule has 4 rings (SSSR count). The fraction of sp³-hybridized carbons (Fsp3) is 0.222. The van der Waals surface area contributed by atoms with E-state index in [1.54, 1.807) is 5.57 Å². The van der Waals surface area contributed by atoms with Gasteiger partial charge in [0.05, 0.1) is 0 Å². The third-order valence-electron chi connectivity index (χ3n) is 4.37. The summed E-state index contributed by atoms with van der Waals surface area (Å²) in [6, 6.07) is 15.9. The second-order valence-corrected chi connectivity index (χ2v) is 5.25. The number of rotatable bonds is 1. The average Bonchev–Trinajstić information content (AvgIpc) is 2.44. The van der Waals surface area contributed by atoms with Crippen molar-refractivity contribution < 1.29 is 0 Å². The van der Waals surface area contributed by atoms with Gasteiger partial charge in [-0.05, 0) is 51.6 Å². The Morgan fingerprint density at radius 2 is 1.61 bits per heavy atom. The Hall–Kier alpha value is -1.82. The van der Waals surface area contributed by atoms with E-state index < -0.39 is 0 Å². The molecule has 0 nitrogen and oxygen atoms in total. The van der Waals surface area contributed by atoms with Gasteiger partial charge in [0.1, 0.15) is 0 Å². The molecule has 0 spiro atoms. The van der Waals surface area contributed by atoms with Gasteiger partial charge in [0.2, 0.25) is 0 Å². The molecule has 88 valence electrons. The van der Waals surface area contributed by atoms with E-state index in [1.165, 1.54) is 51.6 Å². The Morgan fingerprint density at radius 1 is 0.833 bits per heavy atom. The average molecular weight is 232 g/mol. The van der Waals surface area contributed by atoms with Crippen LogP contribution in [0.25, 0.3) is 27.1 Å². The van der Waals surface area contributed by atoms with Gasteiger partial charge in [0.25, 0.3) is 0 Å². The monoisotopic (exact) mass is 232 g/mol. The molecule has 0 aromatic heterocycles. The summed E-state index contributed by atoms with van der Waals surface area (Å²) in [4.78, 5) is 0. The van der Waals surface area contributed by atoms with E-state index in [-0.39, 0.29) is 0 Å². The van der Waals surface area contributed by atoms with Crippen LogP contribution < -0.4 is 5.22 Å². The first-order valence-corrected chi connectivity index (χ1v) is 6.83. The first kappa shape index (κ1) is 10.1. The largest absolute Gasteiger partial charge is 0.0623 e. The molecule has 0 fully saturated rings. The molecule has 0 N–H and O–H groups in total. The molecule has 0 atom stereocenters. The Bertz CT molecular complexity index is 793. The van der Waals surface area contributed by atoms with Crippen LogP contribution in [0.1, 0.15) is 25.3 Å². The molecular weight excluding hydrogens is 216 g/mol. The second-order valence-electron chi connectivity index (χ2n) is 5.25. The van der Waals surface area contributed by atoms with Crippen molar-refractivity contribution in [1.82, 2.24) is 0 Å². The maximum Gasteiger partial charge on any atom is -0.00301 e. The Balaban J connectivity index is 2.37. The highest BCUT2D eigenvalue weighted by atomic mass is 14.2. The van der Waals surface area contributed by atoms with Gasteiger partial charge in [-0.2, -0.15) is 0 Å². The van der Waals surface area contributed by atoms with Crippen LogP contribution in [0, 0.1) is 0 Å². The van der Waals surface area contributed by atoms with Crippen molar-refractivity contribution in [3.63, 3.8) is 0 Å². The van der Waals surface area contributed by atoms with Crippen molar-refractivity contribution in [3.05, 3.63) is 53.2 Å². The fourth-order valence-corrected chi connectivity index (χ4v) is 3.44. The molecule has 0 unspecified atom stereocenters. The van der Waals surface area contributed by atoms with Crippen LogP contribution >= 0.6 is 0 Å². The van der Waals surface area contributed by atoms with Gasteiger partial charge in [0, 0.05) is 0 Å². The van der Waals surface area contributed by atoms with E-state index in [0.717, 1.165) is 0 Å². The number of aryl methyl sites for hydroxylation is 1. The molecule has 0 amide bonds. The minimum Gasteiger partial charge on any atom is -0.0623 e. The second kappa shape index (κ2) is 3.58. The fourth-order valence-electron chi connectivity index (χ4n) is 3.44. The van der Waals surface area contributed by atoms with Gasteiger partial charge in [0.15, 0.2) is 0 Å². The lowest BCUT2D eigenvalue weighted by molar-refractivity contribution is 0.960. The van der Waals surface area contributed by atoms with Crippen molar-refractivity contribution in [1.29, 1.82) is 0 Å². The maximum atomic E-state index is 2.33. The Morgan fingerprint density at radius 3 is 2.39 bits per heavy atom. The molecule has 3 aromatic carbocycles. The third kappa shape index (κ3) is 1.21. The summed E-state index contributed by atoms with van der Waals surface area (Å²) in [5, 5.41) is 7.26. The molecule has 0 saturated heterocycles. The van der Waals surface area contributed by atoms with Crippen LogP contribution in [0.3, 0.4) is 0 Å². The summed E-state index contributed by atoms with van der Waals surface area (Å²) in [5.41, 5.74) is 3.16. The highest BCUT2D eigenvalue weighted by molar-refractivity contribution is 6.12. The standard InChI is InChI=1S/C18H16/c1-2-12-6-7-15-9-8-13-4-3-5-14-10-11-16(12)18(15)17(13)14/h3-5,8-11H,2,6-7H2,1H3. The zero-order valence-electron chi connectivity index (χ0n) is 10.7. The van der Waals surface area contributed by atoms with Crippen molar-refractivity contribution in [2.45, 2.75) is 26.2 Å².